The number of halogens is 3. The van der Waals surface area contributed by atoms with Crippen LogP contribution in [-0.4, -0.2) is 20.6 Å². The number of non-ortho nitro benzene ring substituents is 1. The number of benzene rings is 2. The number of alkyl halides is 3. The van der Waals surface area contributed by atoms with Crippen LogP contribution in [0, 0.1) is 10.1 Å². The summed E-state index contributed by atoms with van der Waals surface area (Å²) in [5, 5.41) is 17.9. The molecule has 0 atom stereocenters. The zero-order valence-electron chi connectivity index (χ0n) is 16.7. The predicted molar refractivity (Wildman–Crippen MR) is 111 cm³/mol. The molecule has 1 amide bonds. The van der Waals surface area contributed by atoms with E-state index in [0.29, 0.717) is 17.1 Å². The van der Waals surface area contributed by atoms with Gasteiger partial charge in [-0.05, 0) is 42.0 Å². The van der Waals surface area contributed by atoms with Gasteiger partial charge in [-0.1, -0.05) is 12.1 Å². The number of aromatic nitrogens is 2. The van der Waals surface area contributed by atoms with E-state index in [1.807, 2.05) is 0 Å². The van der Waals surface area contributed by atoms with Crippen LogP contribution in [-0.2, 0) is 12.7 Å². The van der Waals surface area contributed by atoms with Crippen LogP contribution in [0.5, 0.6) is 0 Å². The smallest absolute Gasteiger partial charge is 0.416 e. The maximum absolute atomic E-state index is 12.9. The molecule has 33 heavy (non-hydrogen) atoms. The monoisotopic (exact) mass is 456 g/mol. The number of hydrogen-bond acceptors (Lipinski definition) is 5. The molecule has 4 aromatic rings. The third-order valence-corrected chi connectivity index (χ3v) is 4.73. The number of amides is 1. The van der Waals surface area contributed by atoms with Gasteiger partial charge < -0.3 is 9.73 Å². The van der Waals surface area contributed by atoms with E-state index < -0.39 is 22.6 Å². The maximum atomic E-state index is 12.9. The van der Waals surface area contributed by atoms with Crippen molar-refractivity contribution < 1.29 is 27.3 Å². The molecule has 0 aliphatic rings. The molecule has 4 rings (SSSR count). The summed E-state index contributed by atoms with van der Waals surface area (Å²) in [6, 6.07) is 14.8. The lowest BCUT2D eigenvalue weighted by Crippen LogP contribution is -2.25. The van der Waals surface area contributed by atoms with Crippen LogP contribution in [0.2, 0.25) is 0 Å². The first-order chi connectivity index (χ1) is 15.7. The third-order valence-electron chi connectivity index (χ3n) is 4.73. The number of nitrogens with zero attached hydrogens (tertiary/aromatic N) is 3. The molecule has 1 N–H and O–H groups in total. The second-order valence-electron chi connectivity index (χ2n) is 6.96. The topological polar surface area (TPSA) is 103 Å². The number of hydrogen-bond donors (Lipinski definition) is 1. The number of nitro groups is 1. The number of furan rings is 1. The van der Waals surface area contributed by atoms with E-state index in [0.717, 1.165) is 12.1 Å². The van der Waals surface area contributed by atoms with Crippen molar-refractivity contribution in [2.24, 2.45) is 0 Å². The zero-order chi connectivity index (χ0) is 23.6. The Labute approximate surface area is 184 Å². The molecular weight excluding hydrogens is 441 g/mol. The number of nitrogens with one attached hydrogen (secondary N) is 1. The first kappa shape index (κ1) is 21.8. The Morgan fingerprint density at radius 3 is 2.48 bits per heavy atom. The minimum absolute atomic E-state index is 0.0715. The fourth-order valence-electron chi connectivity index (χ4n) is 3.13. The van der Waals surface area contributed by atoms with Crippen LogP contribution in [0.1, 0.15) is 21.6 Å². The molecule has 0 saturated carbocycles. The van der Waals surface area contributed by atoms with E-state index in [1.165, 1.54) is 53.4 Å². The Hall–Kier alpha value is -4.41. The zero-order valence-corrected chi connectivity index (χ0v) is 16.7. The van der Waals surface area contributed by atoms with Gasteiger partial charge in [-0.25, -0.2) is 4.68 Å². The summed E-state index contributed by atoms with van der Waals surface area (Å²) < 4.78 is 45.4. The van der Waals surface area contributed by atoms with Crippen molar-refractivity contribution >= 4 is 11.6 Å². The molecule has 0 saturated heterocycles. The summed E-state index contributed by atoms with van der Waals surface area (Å²) >= 11 is 0. The standard InChI is InChI=1S/C22H15F3N4O4/c23-22(24,25)15-4-1-3-14(11-15)13-26-21(30)19-12-18(20-5-2-10-33-20)27-28(19)16-6-8-17(9-7-16)29(31)32/h1-12H,13H2,(H,26,30). The van der Waals surface area contributed by atoms with E-state index in [4.69, 9.17) is 4.42 Å². The van der Waals surface area contributed by atoms with Crippen molar-refractivity contribution in [1.82, 2.24) is 15.1 Å². The lowest BCUT2D eigenvalue weighted by Gasteiger charge is -2.10. The summed E-state index contributed by atoms with van der Waals surface area (Å²) in [5.74, 6) is -0.210. The Kier molecular flexibility index (Phi) is 5.69. The van der Waals surface area contributed by atoms with Crippen LogP contribution >= 0.6 is 0 Å². The molecule has 0 unspecified atom stereocenters. The Morgan fingerprint density at radius 1 is 1.09 bits per heavy atom. The average Bonchev–Trinajstić information content (AvgIpc) is 3.47. The molecule has 0 fully saturated rings. The Morgan fingerprint density at radius 2 is 1.85 bits per heavy atom. The van der Waals surface area contributed by atoms with Crippen LogP contribution in [0.4, 0.5) is 18.9 Å². The van der Waals surface area contributed by atoms with Gasteiger partial charge in [0, 0.05) is 24.7 Å². The van der Waals surface area contributed by atoms with Crippen molar-refractivity contribution in [3.8, 4) is 17.1 Å². The summed E-state index contributed by atoms with van der Waals surface area (Å²) in [6.45, 7) is -0.149. The first-order valence-corrected chi connectivity index (χ1v) is 9.55. The highest BCUT2D eigenvalue weighted by molar-refractivity contribution is 5.94. The van der Waals surface area contributed by atoms with Crippen LogP contribution in [0.15, 0.2) is 77.4 Å². The van der Waals surface area contributed by atoms with Crippen LogP contribution < -0.4 is 5.32 Å². The summed E-state index contributed by atoms with van der Waals surface area (Å²) in [5.41, 5.74) is 0.108. The van der Waals surface area contributed by atoms with Gasteiger partial charge in [0.1, 0.15) is 11.4 Å². The molecule has 2 aromatic heterocycles. The number of carbonyl (C=O) groups is 1. The highest BCUT2D eigenvalue weighted by Crippen LogP contribution is 2.29. The second-order valence-corrected chi connectivity index (χ2v) is 6.96. The van der Waals surface area contributed by atoms with E-state index in [1.54, 1.807) is 12.1 Å². The normalized spacial score (nSPS) is 11.4. The van der Waals surface area contributed by atoms with E-state index in [2.05, 4.69) is 10.4 Å². The van der Waals surface area contributed by atoms with Gasteiger partial charge >= 0.3 is 6.18 Å². The fourth-order valence-corrected chi connectivity index (χ4v) is 3.13. The second kappa shape index (κ2) is 8.61. The third kappa shape index (κ3) is 4.76. The quantitative estimate of drug-likeness (QED) is 0.325. The lowest BCUT2D eigenvalue weighted by atomic mass is 10.1. The summed E-state index contributed by atoms with van der Waals surface area (Å²) in [6.07, 6.45) is -3.06. The molecule has 0 aliphatic carbocycles. The summed E-state index contributed by atoms with van der Waals surface area (Å²) in [7, 11) is 0. The van der Waals surface area contributed by atoms with Crippen molar-refractivity contribution in [3.05, 3.63) is 99.9 Å². The van der Waals surface area contributed by atoms with Gasteiger partial charge in [0.05, 0.1) is 22.4 Å². The van der Waals surface area contributed by atoms with Crippen LogP contribution in [0.3, 0.4) is 0 Å². The van der Waals surface area contributed by atoms with Crippen molar-refractivity contribution in [1.29, 1.82) is 0 Å². The van der Waals surface area contributed by atoms with Gasteiger partial charge in [0.25, 0.3) is 11.6 Å². The molecule has 0 spiro atoms. The SMILES string of the molecule is O=C(NCc1cccc(C(F)(F)F)c1)c1cc(-c2ccco2)nn1-c1ccc([N+](=O)[O-])cc1. The fraction of sp³-hybridized carbons (Fsp3) is 0.0909. The van der Waals surface area contributed by atoms with Gasteiger partial charge in [-0.3, -0.25) is 14.9 Å². The van der Waals surface area contributed by atoms with Crippen molar-refractivity contribution in [2.75, 3.05) is 0 Å². The molecule has 2 heterocycles. The molecular formula is C22H15F3N4O4. The molecule has 8 nitrogen and oxygen atoms in total. The highest BCUT2D eigenvalue weighted by atomic mass is 19.4. The van der Waals surface area contributed by atoms with E-state index in [9.17, 15) is 28.1 Å². The Bertz CT molecular complexity index is 1300. The highest BCUT2D eigenvalue weighted by Gasteiger charge is 2.30. The molecule has 2 aromatic carbocycles. The number of carbonyl (C=O) groups excluding carboxylic acids is 1. The lowest BCUT2D eigenvalue weighted by molar-refractivity contribution is -0.384. The minimum Gasteiger partial charge on any atom is -0.463 e. The van der Waals surface area contributed by atoms with Gasteiger partial charge in [-0.15, -0.1) is 0 Å². The van der Waals surface area contributed by atoms with Crippen molar-refractivity contribution in [2.45, 2.75) is 12.7 Å². The van der Waals surface area contributed by atoms with E-state index >= 15 is 0 Å². The van der Waals surface area contributed by atoms with Gasteiger partial charge in [-0.2, -0.15) is 18.3 Å². The molecule has 0 radical (unpaired) electrons. The molecule has 0 bridgehead atoms. The number of nitro benzene ring substituents is 1. The average molecular weight is 456 g/mol. The van der Waals surface area contributed by atoms with Crippen molar-refractivity contribution in [3.63, 3.8) is 0 Å². The van der Waals surface area contributed by atoms with Crippen LogP contribution in [0.25, 0.3) is 17.1 Å². The van der Waals surface area contributed by atoms with Gasteiger partial charge in [0.15, 0.2) is 5.76 Å². The van der Waals surface area contributed by atoms with Gasteiger partial charge in [0.2, 0.25) is 0 Å². The molecule has 168 valence electrons. The largest absolute Gasteiger partial charge is 0.463 e. The number of rotatable bonds is 6. The Balaban J connectivity index is 1.63. The minimum atomic E-state index is -4.49. The molecule has 0 aliphatic heterocycles. The van der Waals surface area contributed by atoms with E-state index in [-0.39, 0.29) is 23.5 Å². The first-order valence-electron chi connectivity index (χ1n) is 9.55. The predicted octanol–water partition coefficient (Wildman–Crippen LogP) is 4.99. The molecule has 11 heteroatoms. The maximum Gasteiger partial charge on any atom is 0.416 e. The summed E-state index contributed by atoms with van der Waals surface area (Å²) in [4.78, 5) is 23.3.